The number of aryl methyl sites for hydroxylation is 1. The van der Waals surface area contributed by atoms with E-state index < -0.39 is 0 Å². The maximum absolute atomic E-state index is 12.0. The zero-order chi connectivity index (χ0) is 11.3. The van der Waals surface area contributed by atoms with Crippen molar-refractivity contribution in [3.8, 4) is 0 Å². The number of halogens is 1. The summed E-state index contributed by atoms with van der Waals surface area (Å²) >= 11 is 3.55. The molecule has 0 aromatic heterocycles. The molecule has 2 heteroatoms. The van der Waals surface area contributed by atoms with Crippen LogP contribution in [0.15, 0.2) is 16.6 Å². The Balaban J connectivity index is 2.24. The van der Waals surface area contributed by atoms with E-state index in [0.29, 0.717) is 11.2 Å². The first-order valence-electron chi connectivity index (χ1n) is 5.96. The van der Waals surface area contributed by atoms with Crippen molar-refractivity contribution in [1.29, 1.82) is 0 Å². The standard InChI is InChI=1S/C14H15BrO/c1-9-7-10(15)8-11-13(9)12(16)3-6-14(11)4-2-5-14/h7-8H,2-6H2,1H3. The Morgan fingerprint density at radius 2 is 2.00 bits per heavy atom. The minimum absolute atomic E-state index is 0.345. The van der Waals surface area contributed by atoms with Crippen LogP contribution in [0.1, 0.15) is 53.6 Å². The lowest BCUT2D eigenvalue weighted by Gasteiger charge is -2.46. The lowest BCUT2D eigenvalue weighted by atomic mass is 9.58. The van der Waals surface area contributed by atoms with E-state index >= 15 is 0 Å². The molecule has 0 unspecified atom stereocenters. The topological polar surface area (TPSA) is 17.1 Å². The van der Waals surface area contributed by atoms with Crippen molar-refractivity contribution in [2.24, 2.45) is 0 Å². The Bertz CT molecular complexity index is 472. The molecule has 1 aromatic rings. The van der Waals surface area contributed by atoms with Gasteiger partial charge in [-0.1, -0.05) is 22.4 Å². The summed E-state index contributed by atoms with van der Waals surface area (Å²) in [5.41, 5.74) is 3.83. The van der Waals surface area contributed by atoms with Crippen LogP contribution in [-0.4, -0.2) is 5.78 Å². The number of fused-ring (bicyclic) bond motifs is 2. The smallest absolute Gasteiger partial charge is 0.163 e. The first-order valence-corrected chi connectivity index (χ1v) is 6.76. The van der Waals surface area contributed by atoms with Crippen molar-refractivity contribution in [3.63, 3.8) is 0 Å². The summed E-state index contributed by atoms with van der Waals surface area (Å²) in [5.74, 6) is 0.345. The van der Waals surface area contributed by atoms with E-state index in [0.717, 1.165) is 28.4 Å². The fraction of sp³-hybridized carbons (Fsp3) is 0.500. The number of hydrogen-bond acceptors (Lipinski definition) is 1. The van der Waals surface area contributed by atoms with Crippen molar-refractivity contribution >= 4 is 21.7 Å². The fourth-order valence-electron chi connectivity index (χ4n) is 3.27. The molecule has 1 nitrogen and oxygen atoms in total. The van der Waals surface area contributed by atoms with Gasteiger partial charge in [0.15, 0.2) is 5.78 Å². The van der Waals surface area contributed by atoms with Gasteiger partial charge in [0.2, 0.25) is 0 Å². The summed E-state index contributed by atoms with van der Waals surface area (Å²) in [7, 11) is 0. The summed E-state index contributed by atoms with van der Waals surface area (Å²) in [6.45, 7) is 2.05. The zero-order valence-corrected chi connectivity index (χ0v) is 11.1. The van der Waals surface area contributed by atoms with E-state index in [1.807, 2.05) is 0 Å². The number of hydrogen-bond donors (Lipinski definition) is 0. The number of carbonyl (C=O) groups is 1. The summed E-state index contributed by atoms with van der Waals surface area (Å²) in [4.78, 5) is 12.0. The number of rotatable bonds is 0. The van der Waals surface area contributed by atoms with Crippen LogP contribution in [0.3, 0.4) is 0 Å². The summed E-state index contributed by atoms with van der Waals surface area (Å²) in [5, 5.41) is 0. The van der Waals surface area contributed by atoms with Gasteiger partial charge in [-0.3, -0.25) is 4.79 Å². The fourth-order valence-corrected chi connectivity index (χ4v) is 3.84. The summed E-state index contributed by atoms with van der Waals surface area (Å²) < 4.78 is 1.12. The Morgan fingerprint density at radius 1 is 1.25 bits per heavy atom. The maximum Gasteiger partial charge on any atom is 0.163 e. The number of ketones is 1. The van der Waals surface area contributed by atoms with Gasteiger partial charge >= 0.3 is 0 Å². The van der Waals surface area contributed by atoms with E-state index in [1.54, 1.807) is 0 Å². The Morgan fingerprint density at radius 3 is 2.62 bits per heavy atom. The average molecular weight is 279 g/mol. The van der Waals surface area contributed by atoms with Crippen molar-refractivity contribution in [2.45, 2.75) is 44.4 Å². The second-order valence-corrected chi connectivity index (χ2v) is 6.12. The van der Waals surface area contributed by atoms with E-state index in [2.05, 4.69) is 35.0 Å². The molecule has 84 valence electrons. The van der Waals surface area contributed by atoms with Gasteiger partial charge in [-0.15, -0.1) is 0 Å². The molecule has 0 N–H and O–H groups in total. The SMILES string of the molecule is Cc1cc(Br)cc2c1C(=O)CCC21CCC1. The van der Waals surface area contributed by atoms with Gasteiger partial charge in [0.25, 0.3) is 0 Å². The zero-order valence-electron chi connectivity index (χ0n) is 9.48. The Labute approximate surface area is 104 Å². The molecule has 0 saturated heterocycles. The molecule has 3 rings (SSSR count). The van der Waals surface area contributed by atoms with Crippen LogP contribution in [0.4, 0.5) is 0 Å². The largest absolute Gasteiger partial charge is 0.294 e. The molecule has 0 atom stereocenters. The van der Waals surface area contributed by atoms with E-state index in [4.69, 9.17) is 0 Å². The van der Waals surface area contributed by atoms with Crippen molar-refractivity contribution in [1.82, 2.24) is 0 Å². The predicted molar refractivity (Wildman–Crippen MR) is 68.0 cm³/mol. The Kier molecular flexibility index (Phi) is 2.25. The second-order valence-electron chi connectivity index (χ2n) is 5.20. The molecule has 0 bridgehead atoms. The van der Waals surface area contributed by atoms with E-state index in [-0.39, 0.29) is 0 Å². The number of carbonyl (C=O) groups excluding carboxylic acids is 1. The molecule has 2 aliphatic rings. The number of benzene rings is 1. The van der Waals surface area contributed by atoms with Gasteiger partial charge in [0.1, 0.15) is 0 Å². The molecule has 1 spiro atoms. The van der Waals surface area contributed by atoms with E-state index in [1.165, 1.54) is 24.8 Å². The van der Waals surface area contributed by atoms with Crippen LogP contribution >= 0.6 is 15.9 Å². The molecule has 0 radical (unpaired) electrons. The van der Waals surface area contributed by atoms with Gasteiger partial charge in [-0.05, 0) is 54.9 Å². The summed E-state index contributed by atoms with van der Waals surface area (Å²) in [6.07, 6.45) is 5.66. The molecule has 2 aliphatic carbocycles. The average Bonchev–Trinajstić information content (AvgIpc) is 2.14. The Hall–Kier alpha value is -0.630. The number of Topliss-reactive ketones (excluding diaryl/α,β-unsaturated/α-hetero) is 1. The highest BCUT2D eigenvalue weighted by Crippen LogP contribution is 2.52. The van der Waals surface area contributed by atoms with Crippen molar-refractivity contribution in [2.75, 3.05) is 0 Å². The normalized spacial score (nSPS) is 21.8. The second kappa shape index (κ2) is 3.43. The molecule has 0 aliphatic heterocycles. The lowest BCUT2D eigenvalue weighted by molar-refractivity contribution is 0.0919. The van der Waals surface area contributed by atoms with Gasteiger partial charge in [0, 0.05) is 16.5 Å². The van der Waals surface area contributed by atoms with Gasteiger partial charge in [0.05, 0.1) is 0 Å². The predicted octanol–water partition coefficient (Wildman–Crippen LogP) is 4.16. The van der Waals surface area contributed by atoms with E-state index in [9.17, 15) is 4.79 Å². The molecule has 1 fully saturated rings. The highest BCUT2D eigenvalue weighted by atomic mass is 79.9. The monoisotopic (exact) mass is 278 g/mol. The highest BCUT2D eigenvalue weighted by molar-refractivity contribution is 9.10. The van der Waals surface area contributed by atoms with Crippen LogP contribution in [0.25, 0.3) is 0 Å². The highest BCUT2D eigenvalue weighted by Gasteiger charge is 2.44. The third-order valence-electron chi connectivity index (χ3n) is 4.29. The maximum atomic E-state index is 12.0. The molecule has 1 saturated carbocycles. The molecular formula is C14H15BrO. The summed E-state index contributed by atoms with van der Waals surface area (Å²) in [6, 6.07) is 4.24. The van der Waals surface area contributed by atoms with Gasteiger partial charge in [-0.2, -0.15) is 0 Å². The molecule has 1 aromatic carbocycles. The van der Waals surface area contributed by atoms with Gasteiger partial charge < -0.3 is 0 Å². The van der Waals surface area contributed by atoms with Crippen LogP contribution in [0.5, 0.6) is 0 Å². The van der Waals surface area contributed by atoms with Crippen molar-refractivity contribution < 1.29 is 4.79 Å². The van der Waals surface area contributed by atoms with Crippen molar-refractivity contribution in [3.05, 3.63) is 33.3 Å². The van der Waals surface area contributed by atoms with Crippen LogP contribution in [0.2, 0.25) is 0 Å². The first-order chi connectivity index (χ1) is 7.62. The molecule has 0 amide bonds. The van der Waals surface area contributed by atoms with Crippen LogP contribution < -0.4 is 0 Å². The van der Waals surface area contributed by atoms with Crippen LogP contribution in [-0.2, 0) is 5.41 Å². The molecule has 0 heterocycles. The molecular weight excluding hydrogens is 264 g/mol. The third-order valence-corrected chi connectivity index (χ3v) is 4.75. The quantitative estimate of drug-likeness (QED) is 0.697. The van der Waals surface area contributed by atoms with Gasteiger partial charge in [-0.25, -0.2) is 0 Å². The lowest BCUT2D eigenvalue weighted by Crippen LogP contribution is -2.39. The minimum Gasteiger partial charge on any atom is -0.294 e. The first kappa shape index (κ1) is 10.5. The van der Waals surface area contributed by atoms with Crippen LogP contribution in [0, 0.1) is 6.92 Å². The minimum atomic E-state index is 0.345. The third kappa shape index (κ3) is 1.32. The molecule has 16 heavy (non-hydrogen) atoms.